The average Bonchev–Trinajstić information content (AvgIpc) is 2.99. The highest BCUT2D eigenvalue weighted by Crippen LogP contribution is 2.14. The van der Waals surface area contributed by atoms with E-state index in [0.29, 0.717) is 12.1 Å². The summed E-state index contributed by atoms with van der Waals surface area (Å²) in [6.07, 6.45) is 2.90. The van der Waals surface area contributed by atoms with Gasteiger partial charge in [-0.25, -0.2) is 0 Å². The van der Waals surface area contributed by atoms with E-state index in [0.717, 1.165) is 11.1 Å². The van der Waals surface area contributed by atoms with Crippen molar-refractivity contribution in [1.29, 1.82) is 0 Å². The van der Waals surface area contributed by atoms with Gasteiger partial charge in [-0.15, -0.1) is 0 Å². The van der Waals surface area contributed by atoms with Gasteiger partial charge in [-0.3, -0.25) is 4.79 Å². The van der Waals surface area contributed by atoms with Crippen molar-refractivity contribution < 1.29 is 9.21 Å². The fraction of sp³-hybridized carbons (Fsp3) is 0.188. The van der Waals surface area contributed by atoms with E-state index in [1.54, 1.807) is 6.07 Å². The number of hydrogen-bond acceptors (Lipinski definition) is 3. The highest BCUT2D eigenvalue weighted by molar-refractivity contribution is 5.94. The molecule has 0 aliphatic carbocycles. The minimum Gasteiger partial charge on any atom is -0.472 e. The molecule has 4 heteroatoms. The maximum Gasteiger partial charge on any atom is 0.255 e. The van der Waals surface area contributed by atoms with Crippen molar-refractivity contribution >= 4 is 5.91 Å². The molecule has 3 N–H and O–H groups in total. The van der Waals surface area contributed by atoms with Gasteiger partial charge in [0, 0.05) is 5.56 Å². The van der Waals surface area contributed by atoms with Crippen molar-refractivity contribution in [3.8, 4) is 11.8 Å². The largest absolute Gasteiger partial charge is 0.472 e. The zero-order valence-electron chi connectivity index (χ0n) is 11.2. The number of amides is 1. The zero-order valence-corrected chi connectivity index (χ0v) is 11.2. The molecule has 102 valence electrons. The Bertz CT molecular complexity index is 636. The third-order valence-electron chi connectivity index (χ3n) is 2.85. The number of carbonyl (C=O) groups is 1. The van der Waals surface area contributed by atoms with E-state index >= 15 is 0 Å². The van der Waals surface area contributed by atoms with Gasteiger partial charge in [-0.05, 0) is 30.7 Å². The van der Waals surface area contributed by atoms with E-state index < -0.39 is 0 Å². The van der Waals surface area contributed by atoms with Gasteiger partial charge in [-0.2, -0.15) is 0 Å². The second kappa shape index (κ2) is 6.60. The van der Waals surface area contributed by atoms with Crippen LogP contribution < -0.4 is 11.1 Å². The molecule has 1 heterocycles. The smallest absolute Gasteiger partial charge is 0.255 e. The van der Waals surface area contributed by atoms with Crippen molar-refractivity contribution in [3.05, 3.63) is 59.5 Å². The fourth-order valence-electron chi connectivity index (χ4n) is 1.80. The summed E-state index contributed by atoms with van der Waals surface area (Å²) in [5, 5.41) is 2.91. The second-order valence-electron chi connectivity index (χ2n) is 4.34. The molecule has 1 amide bonds. The summed E-state index contributed by atoms with van der Waals surface area (Å²) >= 11 is 0. The van der Waals surface area contributed by atoms with Crippen LogP contribution in [0.25, 0.3) is 0 Å². The molecule has 0 aliphatic rings. The monoisotopic (exact) mass is 268 g/mol. The van der Waals surface area contributed by atoms with Crippen molar-refractivity contribution in [3.63, 3.8) is 0 Å². The summed E-state index contributed by atoms with van der Waals surface area (Å²) in [6.45, 7) is 2.25. The van der Waals surface area contributed by atoms with Gasteiger partial charge in [0.05, 0.1) is 24.4 Å². The Kier molecular flexibility index (Phi) is 4.59. The second-order valence-corrected chi connectivity index (χ2v) is 4.34. The number of benzene rings is 1. The number of nitrogens with one attached hydrogen (secondary N) is 1. The van der Waals surface area contributed by atoms with Crippen LogP contribution in [0.2, 0.25) is 0 Å². The SMILES string of the molecule is CC(NC(=O)c1ccoc1)c1cccc(C#CCN)c1. The number of carbonyl (C=O) groups excluding carboxylic acids is 1. The number of hydrogen-bond donors (Lipinski definition) is 2. The molecule has 1 aromatic carbocycles. The Hall–Kier alpha value is -2.51. The highest BCUT2D eigenvalue weighted by atomic mass is 16.3. The van der Waals surface area contributed by atoms with Gasteiger partial charge in [0.25, 0.3) is 5.91 Å². The van der Waals surface area contributed by atoms with E-state index in [2.05, 4.69) is 17.2 Å². The van der Waals surface area contributed by atoms with Crippen LogP contribution in [0.15, 0.2) is 47.3 Å². The molecule has 2 aromatic rings. The van der Waals surface area contributed by atoms with E-state index in [-0.39, 0.29) is 11.9 Å². The molecule has 0 radical (unpaired) electrons. The number of rotatable bonds is 3. The average molecular weight is 268 g/mol. The van der Waals surface area contributed by atoms with Gasteiger partial charge >= 0.3 is 0 Å². The summed E-state index contributed by atoms with van der Waals surface area (Å²) in [5.41, 5.74) is 7.74. The first kappa shape index (κ1) is 13.9. The molecule has 0 bridgehead atoms. The summed E-state index contributed by atoms with van der Waals surface area (Å²) in [4.78, 5) is 11.9. The minimum atomic E-state index is -0.162. The number of furan rings is 1. The lowest BCUT2D eigenvalue weighted by Crippen LogP contribution is -2.26. The van der Waals surface area contributed by atoms with E-state index in [4.69, 9.17) is 10.2 Å². The van der Waals surface area contributed by atoms with Crippen LogP contribution >= 0.6 is 0 Å². The van der Waals surface area contributed by atoms with Crippen LogP contribution in [0.4, 0.5) is 0 Å². The van der Waals surface area contributed by atoms with Crippen LogP contribution in [0, 0.1) is 11.8 Å². The topological polar surface area (TPSA) is 68.3 Å². The minimum absolute atomic E-state index is 0.114. The standard InChI is InChI=1S/C16H16N2O2/c1-12(18-16(19)15-7-9-20-11-15)14-6-2-4-13(10-14)5-3-8-17/h2,4,6-7,9-12H,8,17H2,1H3,(H,18,19). The summed E-state index contributed by atoms with van der Waals surface area (Å²) in [5.74, 6) is 5.63. The highest BCUT2D eigenvalue weighted by Gasteiger charge is 2.12. The molecule has 4 nitrogen and oxygen atoms in total. The maximum atomic E-state index is 11.9. The molecule has 2 rings (SSSR count). The van der Waals surface area contributed by atoms with E-state index in [9.17, 15) is 4.79 Å². The molecule has 0 spiro atoms. The van der Waals surface area contributed by atoms with Crippen LogP contribution in [0.5, 0.6) is 0 Å². The lowest BCUT2D eigenvalue weighted by molar-refractivity contribution is 0.0939. The molecule has 0 fully saturated rings. The van der Waals surface area contributed by atoms with Crippen molar-refractivity contribution in [2.45, 2.75) is 13.0 Å². The molecule has 0 saturated carbocycles. The van der Waals surface area contributed by atoms with Crippen LogP contribution in [-0.2, 0) is 0 Å². The van der Waals surface area contributed by atoms with Gasteiger partial charge in [0.15, 0.2) is 0 Å². The third kappa shape index (κ3) is 3.50. The third-order valence-corrected chi connectivity index (χ3v) is 2.85. The van der Waals surface area contributed by atoms with Gasteiger partial charge in [0.1, 0.15) is 6.26 Å². The lowest BCUT2D eigenvalue weighted by atomic mass is 10.0. The Morgan fingerprint density at radius 1 is 1.45 bits per heavy atom. The summed E-state index contributed by atoms with van der Waals surface area (Å²) < 4.78 is 4.90. The molecular formula is C16H16N2O2. The Morgan fingerprint density at radius 3 is 3.00 bits per heavy atom. The van der Waals surface area contributed by atoms with Crippen LogP contribution in [0.1, 0.15) is 34.5 Å². The predicted molar refractivity (Wildman–Crippen MR) is 77.0 cm³/mol. The molecule has 0 saturated heterocycles. The first-order valence-corrected chi connectivity index (χ1v) is 6.32. The molecule has 0 aliphatic heterocycles. The Morgan fingerprint density at radius 2 is 2.30 bits per heavy atom. The van der Waals surface area contributed by atoms with Crippen LogP contribution in [0.3, 0.4) is 0 Å². The lowest BCUT2D eigenvalue weighted by Gasteiger charge is -2.14. The Balaban J connectivity index is 2.09. The van der Waals surface area contributed by atoms with Crippen molar-refractivity contribution in [2.24, 2.45) is 5.73 Å². The van der Waals surface area contributed by atoms with Gasteiger partial charge in [0.2, 0.25) is 0 Å². The van der Waals surface area contributed by atoms with Crippen LogP contribution in [-0.4, -0.2) is 12.5 Å². The zero-order chi connectivity index (χ0) is 14.4. The predicted octanol–water partition coefficient (Wildman–Crippen LogP) is 2.08. The summed E-state index contributed by atoms with van der Waals surface area (Å²) in [6, 6.07) is 9.24. The Labute approximate surface area is 118 Å². The maximum absolute atomic E-state index is 11.9. The fourth-order valence-corrected chi connectivity index (χ4v) is 1.80. The quantitative estimate of drug-likeness (QED) is 0.837. The van der Waals surface area contributed by atoms with Crippen molar-refractivity contribution in [1.82, 2.24) is 5.32 Å². The van der Waals surface area contributed by atoms with E-state index in [1.165, 1.54) is 12.5 Å². The summed E-state index contributed by atoms with van der Waals surface area (Å²) in [7, 11) is 0. The van der Waals surface area contributed by atoms with Crippen molar-refractivity contribution in [2.75, 3.05) is 6.54 Å². The molecule has 1 aromatic heterocycles. The molecule has 20 heavy (non-hydrogen) atoms. The molecule has 1 atom stereocenters. The first-order chi connectivity index (χ1) is 9.70. The van der Waals surface area contributed by atoms with Gasteiger partial charge in [-0.1, -0.05) is 24.0 Å². The van der Waals surface area contributed by atoms with Gasteiger partial charge < -0.3 is 15.5 Å². The normalized spacial score (nSPS) is 11.3. The number of nitrogens with two attached hydrogens (primary N) is 1. The first-order valence-electron chi connectivity index (χ1n) is 6.32. The molecule has 1 unspecified atom stereocenters. The molecular weight excluding hydrogens is 252 g/mol. The van der Waals surface area contributed by atoms with E-state index in [1.807, 2.05) is 31.2 Å².